The van der Waals surface area contributed by atoms with Crippen LogP contribution in [0.1, 0.15) is 35.0 Å². The van der Waals surface area contributed by atoms with Crippen LogP contribution in [-0.2, 0) is 23.2 Å². The molecule has 9 heteroatoms. The molecule has 0 saturated carbocycles. The normalized spacial score (nSPS) is 17.7. The number of carbonyl (C=O) groups is 2. The van der Waals surface area contributed by atoms with Gasteiger partial charge in [0.2, 0.25) is 0 Å². The summed E-state index contributed by atoms with van der Waals surface area (Å²) in [6, 6.07) is 6.49. The number of ether oxygens (including phenoxy) is 1. The van der Waals surface area contributed by atoms with Crippen molar-refractivity contribution >= 4 is 17.4 Å². The Labute approximate surface area is 191 Å². The molecule has 0 bridgehead atoms. The molecule has 1 amide bonds. The maximum Gasteiger partial charge on any atom is 0.295 e. The molecule has 3 heterocycles. The van der Waals surface area contributed by atoms with Gasteiger partial charge in [0.25, 0.3) is 11.7 Å². The lowest BCUT2D eigenvalue weighted by molar-refractivity contribution is -0.139. The lowest BCUT2D eigenvalue weighted by atomic mass is 9.94. The van der Waals surface area contributed by atoms with Gasteiger partial charge in [-0.15, -0.1) is 0 Å². The summed E-state index contributed by atoms with van der Waals surface area (Å²) >= 11 is 0. The number of rotatable bonds is 7. The average Bonchev–Trinajstić information content (AvgIpc) is 3.47. The fraction of sp³-hybridized carbons (Fsp3) is 0.333. The Balaban J connectivity index is 1.79. The van der Waals surface area contributed by atoms with Gasteiger partial charge in [-0.2, -0.15) is 5.10 Å². The molecule has 9 nitrogen and oxygen atoms in total. The predicted octanol–water partition coefficient (Wildman–Crippen LogP) is 2.75. The van der Waals surface area contributed by atoms with Crippen LogP contribution in [0.4, 0.5) is 0 Å². The molecular weight excluding hydrogens is 422 g/mol. The summed E-state index contributed by atoms with van der Waals surface area (Å²) in [5, 5.41) is 15.7. The van der Waals surface area contributed by atoms with Crippen LogP contribution in [0.15, 0.2) is 48.6 Å². The molecule has 1 saturated heterocycles. The predicted molar refractivity (Wildman–Crippen MR) is 122 cm³/mol. The number of aliphatic hydroxyl groups excluding tert-OH is 1. The van der Waals surface area contributed by atoms with Crippen LogP contribution >= 0.6 is 0 Å². The SMILES string of the molecule is COc1cccc(C2C(=C(O)c3c(C)nn(C)c3C)C(=O)C(=O)N2CCCn2ccnc2)c1. The number of methoxy groups -OCH3 is 1. The number of likely N-dealkylation sites (tertiary alicyclic amines) is 1. The Morgan fingerprint density at radius 3 is 2.64 bits per heavy atom. The lowest BCUT2D eigenvalue weighted by Gasteiger charge is -2.25. The number of aromatic nitrogens is 4. The first-order chi connectivity index (χ1) is 15.8. The van der Waals surface area contributed by atoms with E-state index in [1.807, 2.05) is 23.8 Å². The second-order valence-electron chi connectivity index (χ2n) is 8.09. The molecule has 0 aliphatic carbocycles. The van der Waals surface area contributed by atoms with Gasteiger partial charge in [0.15, 0.2) is 0 Å². The molecule has 172 valence electrons. The van der Waals surface area contributed by atoms with E-state index in [0.717, 1.165) is 0 Å². The highest BCUT2D eigenvalue weighted by molar-refractivity contribution is 6.46. The van der Waals surface area contributed by atoms with E-state index in [1.54, 1.807) is 56.5 Å². The minimum atomic E-state index is -0.734. The van der Waals surface area contributed by atoms with E-state index in [0.29, 0.717) is 47.8 Å². The van der Waals surface area contributed by atoms with Crippen LogP contribution in [0.5, 0.6) is 5.75 Å². The number of aryl methyl sites for hydroxylation is 3. The molecule has 1 N–H and O–H groups in total. The number of hydrogen-bond donors (Lipinski definition) is 1. The zero-order valence-corrected chi connectivity index (χ0v) is 19.1. The molecule has 0 radical (unpaired) electrons. The van der Waals surface area contributed by atoms with Crippen molar-refractivity contribution in [2.75, 3.05) is 13.7 Å². The van der Waals surface area contributed by atoms with Crippen LogP contribution in [0.2, 0.25) is 0 Å². The minimum Gasteiger partial charge on any atom is -0.507 e. The van der Waals surface area contributed by atoms with Crippen molar-refractivity contribution in [3.63, 3.8) is 0 Å². The molecule has 2 aromatic heterocycles. The Kier molecular flexibility index (Phi) is 6.04. The molecule has 1 fully saturated rings. The fourth-order valence-electron chi connectivity index (χ4n) is 4.36. The van der Waals surface area contributed by atoms with E-state index in [-0.39, 0.29) is 11.3 Å². The van der Waals surface area contributed by atoms with Gasteiger partial charge in [0.05, 0.1) is 36.3 Å². The van der Waals surface area contributed by atoms with Crippen LogP contribution in [0, 0.1) is 13.8 Å². The Hall–Kier alpha value is -3.88. The number of hydrogen-bond acceptors (Lipinski definition) is 6. The zero-order chi connectivity index (χ0) is 23.7. The number of carbonyl (C=O) groups excluding carboxylic acids is 2. The van der Waals surface area contributed by atoms with E-state index in [9.17, 15) is 14.7 Å². The molecule has 0 spiro atoms. The largest absolute Gasteiger partial charge is 0.507 e. The van der Waals surface area contributed by atoms with Gasteiger partial charge in [-0.3, -0.25) is 14.3 Å². The van der Waals surface area contributed by atoms with E-state index in [4.69, 9.17) is 4.74 Å². The van der Waals surface area contributed by atoms with Crippen molar-refractivity contribution in [3.05, 3.63) is 71.1 Å². The molecule has 1 unspecified atom stereocenters. The second-order valence-corrected chi connectivity index (χ2v) is 8.09. The molecule has 1 aliphatic heterocycles. The number of aliphatic hydroxyl groups is 1. The van der Waals surface area contributed by atoms with Gasteiger partial charge in [-0.05, 0) is 38.0 Å². The quantitative estimate of drug-likeness (QED) is 0.338. The maximum absolute atomic E-state index is 13.2. The number of amides is 1. The Morgan fingerprint density at radius 2 is 2.00 bits per heavy atom. The first-order valence-electron chi connectivity index (χ1n) is 10.7. The lowest BCUT2D eigenvalue weighted by Crippen LogP contribution is -2.31. The van der Waals surface area contributed by atoms with Crippen molar-refractivity contribution in [2.45, 2.75) is 32.9 Å². The van der Waals surface area contributed by atoms with Crippen molar-refractivity contribution in [3.8, 4) is 5.75 Å². The third-order valence-electron chi connectivity index (χ3n) is 6.07. The summed E-state index contributed by atoms with van der Waals surface area (Å²) in [4.78, 5) is 31.9. The Bertz CT molecular complexity index is 1230. The summed E-state index contributed by atoms with van der Waals surface area (Å²) in [7, 11) is 3.33. The van der Waals surface area contributed by atoms with Crippen molar-refractivity contribution in [1.29, 1.82) is 0 Å². The van der Waals surface area contributed by atoms with Gasteiger partial charge in [0.1, 0.15) is 11.5 Å². The standard InChI is InChI=1S/C24H27N5O4/c1-15-19(16(2)27(3)26-15)22(30)20-21(17-7-5-8-18(13-17)33-4)29(24(32)23(20)31)11-6-10-28-12-9-25-14-28/h5,7-9,12-14,21,30H,6,10-11H2,1-4H3. The fourth-order valence-corrected chi connectivity index (χ4v) is 4.36. The first-order valence-corrected chi connectivity index (χ1v) is 10.7. The van der Waals surface area contributed by atoms with Crippen LogP contribution < -0.4 is 4.74 Å². The van der Waals surface area contributed by atoms with Gasteiger partial charge in [0, 0.05) is 38.2 Å². The number of benzene rings is 1. The van der Waals surface area contributed by atoms with Crippen LogP contribution in [0.3, 0.4) is 0 Å². The second kappa shape index (κ2) is 8.93. The van der Waals surface area contributed by atoms with Crippen LogP contribution in [-0.4, -0.2) is 54.7 Å². The van der Waals surface area contributed by atoms with Gasteiger partial charge in [-0.25, -0.2) is 4.98 Å². The van der Waals surface area contributed by atoms with Gasteiger partial charge < -0.3 is 19.3 Å². The van der Waals surface area contributed by atoms with E-state index < -0.39 is 17.7 Å². The van der Waals surface area contributed by atoms with Gasteiger partial charge >= 0.3 is 0 Å². The van der Waals surface area contributed by atoms with Crippen molar-refractivity contribution < 1.29 is 19.4 Å². The zero-order valence-electron chi connectivity index (χ0n) is 19.1. The van der Waals surface area contributed by atoms with Gasteiger partial charge in [-0.1, -0.05) is 12.1 Å². The number of Topliss-reactive ketones (excluding diaryl/α,β-unsaturated/α-hetero) is 1. The number of ketones is 1. The van der Waals surface area contributed by atoms with E-state index in [2.05, 4.69) is 10.1 Å². The van der Waals surface area contributed by atoms with Crippen molar-refractivity contribution in [1.82, 2.24) is 24.2 Å². The highest BCUT2D eigenvalue weighted by Crippen LogP contribution is 2.41. The minimum absolute atomic E-state index is 0.0649. The summed E-state index contributed by atoms with van der Waals surface area (Å²) in [6.07, 6.45) is 5.87. The summed E-state index contributed by atoms with van der Waals surface area (Å²) < 4.78 is 8.93. The molecule has 4 rings (SSSR count). The van der Waals surface area contributed by atoms with Crippen LogP contribution in [0.25, 0.3) is 5.76 Å². The molecule has 33 heavy (non-hydrogen) atoms. The summed E-state index contributed by atoms with van der Waals surface area (Å²) in [6.45, 7) is 4.57. The first kappa shape index (κ1) is 22.3. The monoisotopic (exact) mass is 449 g/mol. The molecule has 3 aromatic rings. The maximum atomic E-state index is 13.2. The summed E-state index contributed by atoms with van der Waals surface area (Å²) in [5.41, 5.74) is 2.53. The smallest absolute Gasteiger partial charge is 0.295 e. The third-order valence-corrected chi connectivity index (χ3v) is 6.07. The topological polar surface area (TPSA) is 102 Å². The van der Waals surface area contributed by atoms with E-state index >= 15 is 0 Å². The molecule has 1 aromatic carbocycles. The molecular formula is C24H27N5O4. The Morgan fingerprint density at radius 1 is 1.21 bits per heavy atom. The highest BCUT2D eigenvalue weighted by Gasteiger charge is 2.46. The highest BCUT2D eigenvalue weighted by atomic mass is 16.5. The third kappa shape index (κ3) is 4.02. The van der Waals surface area contributed by atoms with Crippen molar-refractivity contribution in [2.24, 2.45) is 7.05 Å². The number of nitrogens with zero attached hydrogens (tertiary/aromatic N) is 5. The average molecular weight is 450 g/mol. The molecule has 1 atom stereocenters. The number of imidazole rings is 1. The summed E-state index contributed by atoms with van der Waals surface area (Å²) in [5.74, 6) is -0.938. The van der Waals surface area contributed by atoms with E-state index in [1.165, 1.54) is 4.90 Å². The molecule has 1 aliphatic rings.